The van der Waals surface area contributed by atoms with E-state index >= 15 is 0 Å². The van der Waals surface area contributed by atoms with Gasteiger partial charge in [-0.2, -0.15) is 0 Å². The highest BCUT2D eigenvalue weighted by molar-refractivity contribution is 7.09. The lowest BCUT2D eigenvalue weighted by Gasteiger charge is -2.34. The molecule has 9 heteroatoms. The van der Waals surface area contributed by atoms with Crippen LogP contribution in [0.15, 0.2) is 15.9 Å². The molecule has 1 aliphatic heterocycles. The molecular formula is C17H23ClN4O3S. The molecule has 142 valence electrons. The quantitative estimate of drug-likeness (QED) is 0.848. The van der Waals surface area contributed by atoms with Gasteiger partial charge >= 0.3 is 0 Å². The van der Waals surface area contributed by atoms with Crippen LogP contribution >= 0.6 is 23.7 Å². The number of carbonyl (C=O) groups excluding carboxylic acids is 2. The molecule has 7 nitrogen and oxygen atoms in total. The van der Waals surface area contributed by atoms with Crippen LogP contribution in [0.25, 0.3) is 0 Å². The maximum absolute atomic E-state index is 12.6. The van der Waals surface area contributed by atoms with E-state index in [2.05, 4.69) is 4.98 Å². The second kappa shape index (κ2) is 8.66. The number of carbonyl (C=O) groups is 2. The number of hydrogen-bond acceptors (Lipinski definition) is 6. The summed E-state index contributed by atoms with van der Waals surface area (Å²) < 4.78 is 5.44. The summed E-state index contributed by atoms with van der Waals surface area (Å²) >= 11 is 1.46. The van der Waals surface area contributed by atoms with Crippen molar-refractivity contribution in [1.29, 1.82) is 0 Å². The first-order valence-corrected chi connectivity index (χ1v) is 9.17. The molecule has 2 amide bonds. The van der Waals surface area contributed by atoms with Crippen molar-refractivity contribution in [3.05, 3.63) is 39.2 Å². The Labute approximate surface area is 162 Å². The van der Waals surface area contributed by atoms with Gasteiger partial charge in [0.15, 0.2) is 0 Å². The Bertz CT molecular complexity index is 781. The highest BCUT2D eigenvalue weighted by atomic mass is 35.5. The molecule has 1 fully saturated rings. The number of halogens is 1. The van der Waals surface area contributed by atoms with Crippen molar-refractivity contribution in [2.45, 2.75) is 20.3 Å². The maximum atomic E-state index is 12.6. The number of aromatic nitrogens is 1. The minimum atomic E-state index is -0.0815. The summed E-state index contributed by atoms with van der Waals surface area (Å²) in [6.45, 7) is 6.17. The Kier molecular flexibility index (Phi) is 6.80. The zero-order valence-electron chi connectivity index (χ0n) is 14.9. The molecule has 0 bridgehead atoms. The van der Waals surface area contributed by atoms with Crippen LogP contribution in [0.1, 0.15) is 37.4 Å². The van der Waals surface area contributed by atoms with Crippen LogP contribution in [-0.4, -0.2) is 59.3 Å². The summed E-state index contributed by atoms with van der Waals surface area (Å²) in [5, 5.41) is 2.66. The number of aryl methyl sites for hydroxylation is 2. The lowest BCUT2D eigenvalue weighted by molar-refractivity contribution is 0.0531. The van der Waals surface area contributed by atoms with Gasteiger partial charge < -0.3 is 20.0 Å². The first kappa shape index (κ1) is 20.4. The van der Waals surface area contributed by atoms with Crippen molar-refractivity contribution in [2.75, 3.05) is 32.7 Å². The van der Waals surface area contributed by atoms with E-state index in [4.69, 9.17) is 10.2 Å². The van der Waals surface area contributed by atoms with Crippen molar-refractivity contribution in [3.63, 3.8) is 0 Å². The fourth-order valence-corrected chi connectivity index (χ4v) is 3.72. The molecule has 3 rings (SSSR count). The molecule has 0 unspecified atom stereocenters. The molecule has 26 heavy (non-hydrogen) atoms. The van der Waals surface area contributed by atoms with Gasteiger partial charge in [0.25, 0.3) is 11.8 Å². The molecule has 2 aromatic heterocycles. The predicted molar refractivity (Wildman–Crippen MR) is 102 cm³/mol. The van der Waals surface area contributed by atoms with Crippen LogP contribution in [0, 0.1) is 13.8 Å². The van der Waals surface area contributed by atoms with Gasteiger partial charge in [0.2, 0.25) is 0 Å². The lowest BCUT2D eigenvalue weighted by atomic mass is 10.2. The van der Waals surface area contributed by atoms with E-state index in [1.54, 1.807) is 28.2 Å². The average molecular weight is 399 g/mol. The van der Waals surface area contributed by atoms with Crippen LogP contribution in [-0.2, 0) is 6.42 Å². The standard InChI is InChI=1S/C17H22N4O3S.ClH/c1-11-9-13(12(2)24-11)16(22)20-5-7-21(8-6-20)17(23)14-10-25-15(19-14)3-4-18;/h9-10H,3-8,18H2,1-2H3;1H. The first-order valence-electron chi connectivity index (χ1n) is 8.29. The third-order valence-corrected chi connectivity index (χ3v) is 5.16. The Hall–Kier alpha value is -1.90. The number of hydrogen-bond donors (Lipinski definition) is 1. The van der Waals surface area contributed by atoms with E-state index in [0.29, 0.717) is 56.2 Å². The maximum Gasteiger partial charge on any atom is 0.273 e. The van der Waals surface area contributed by atoms with Crippen LogP contribution in [0.2, 0.25) is 0 Å². The molecule has 0 radical (unpaired) electrons. The number of piperazine rings is 1. The number of amides is 2. The summed E-state index contributed by atoms with van der Waals surface area (Å²) in [5.74, 6) is 1.24. The van der Waals surface area contributed by atoms with Crippen LogP contribution in [0.4, 0.5) is 0 Å². The van der Waals surface area contributed by atoms with Crippen molar-refractivity contribution in [2.24, 2.45) is 5.73 Å². The molecule has 1 saturated heterocycles. The number of furan rings is 1. The summed E-state index contributed by atoms with van der Waals surface area (Å²) in [4.78, 5) is 33.0. The summed E-state index contributed by atoms with van der Waals surface area (Å²) in [6.07, 6.45) is 0.684. The SMILES string of the molecule is Cc1cc(C(=O)N2CCN(C(=O)c3csc(CCN)n3)CC2)c(C)o1.Cl. The average Bonchev–Trinajstić information content (AvgIpc) is 3.20. The molecule has 0 atom stereocenters. The number of nitrogens with two attached hydrogens (primary N) is 1. The molecule has 0 saturated carbocycles. The van der Waals surface area contributed by atoms with Crippen molar-refractivity contribution >= 4 is 35.6 Å². The van der Waals surface area contributed by atoms with E-state index in [0.717, 1.165) is 10.8 Å². The Morgan fingerprint density at radius 1 is 1.19 bits per heavy atom. The van der Waals surface area contributed by atoms with Gasteiger partial charge in [-0.1, -0.05) is 0 Å². The molecular weight excluding hydrogens is 376 g/mol. The summed E-state index contributed by atoms with van der Waals surface area (Å²) in [7, 11) is 0. The largest absolute Gasteiger partial charge is 0.466 e. The smallest absolute Gasteiger partial charge is 0.273 e. The second-order valence-electron chi connectivity index (χ2n) is 6.08. The van der Waals surface area contributed by atoms with E-state index in [1.807, 2.05) is 6.92 Å². The molecule has 1 aliphatic rings. The molecule has 2 N–H and O–H groups in total. The van der Waals surface area contributed by atoms with Crippen LogP contribution in [0.3, 0.4) is 0 Å². The Morgan fingerprint density at radius 2 is 1.81 bits per heavy atom. The van der Waals surface area contributed by atoms with Crippen molar-refractivity contribution in [3.8, 4) is 0 Å². The van der Waals surface area contributed by atoms with Crippen molar-refractivity contribution < 1.29 is 14.0 Å². The Morgan fingerprint density at radius 3 is 2.35 bits per heavy atom. The van der Waals surface area contributed by atoms with Gasteiger partial charge in [-0.25, -0.2) is 4.98 Å². The zero-order chi connectivity index (χ0) is 18.0. The summed E-state index contributed by atoms with van der Waals surface area (Å²) in [5.41, 5.74) is 6.59. The molecule has 0 spiro atoms. The fraction of sp³-hybridized carbons (Fsp3) is 0.471. The van der Waals surface area contributed by atoms with Gasteiger partial charge in [0, 0.05) is 38.0 Å². The van der Waals surface area contributed by atoms with E-state index in [-0.39, 0.29) is 24.2 Å². The monoisotopic (exact) mass is 398 g/mol. The van der Waals surface area contributed by atoms with Gasteiger partial charge in [-0.15, -0.1) is 23.7 Å². The minimum Gasteiger partial charge on any atom is -0.466 e. The third kappa shape index (κ3) is 4.25. The molecule has 2 aromatic rings. The number of nitrogens with zero attached hydrogens (tertiary/aromatic N) is 3. The highest BCUT2D eigenvalue weighted by Gasteiger charge is 2.28. The van der Waals surface area contributed by atoms with E-state index in [1.165, 1.54) is 11.3 Å². The van der Waals surface area contributed by atoms with Crippen molar-refractivity contribution in [1.82, 2.24) is 14.8 Å². The van der Waals surface area contributed by atoms with Gasteiger partial charge in [-0.3, -0.25) is 9.59 Å². The Balaban J connectivity index is 0.00000243. The number of rotatable bonds is 4. The van der Waals surface area contributed by atoms with Crippen LogP contribution in [0.5, 0.6) is 0 Å². The fourth-order valence-electron chi connectivity index (χ4n) is 2.94. The normalized spacial score (nSPS) is 14.3. The second-order valence-corrected chi connectivity index (χ2v) is 7.02. The van der Waals surface area contributed by atoms with E-state index < -0.39 is 0 Å². The topological polar surface area (TPSA) is 92.7 Å². The molecule has 0 aliphatic carbocycles. The highest BCUT2D eigenvalue weighted by Crippen LogP contribution is 2.18. The van der Waals surface area contributed by atoms with Crippen LogP contribution < -0.4 is 5.73 Å². The molecule has 0 aromatic carbocycles. The zero-order valence-corrected chi connectivity index (χ0v) is 16.5. The number of thiazole rings is 1. The predicted octanol–water partition coefficient (Wildman–Crippen LogP) is 1.87. The lowest BCUT2D eigenvalue weighted by Crippen LogP contribution is -2.50. The molecule has 3 heterocycles. The first-order chi connectivity index (χ1) is 12.0. The van der Waals surface area contributed by atoms with Gasteiger partial charge in [0.05, 0.1) is 10.6 Å². The third-order valence-electron chi connectivity index (χ3n) is 4.25. The van der Waals surface area contributed by atoms with Gasteiger partial charge in [-0.05, 0) is 26.5 Å². The summed E-state index contributed by atoms with van der Waals surface area (Å²) in [6, 6.07) is 1.77. The van der Waals surface area contributed by atoms with E-state index in [9.17, 15) is 9.59 Å². The van der Waals surface area contributed by atoms with Gasteiger partial charge in [0.1, 0.15) is 17.2 Å². The minimum absolute atomic E-state index is 0.